The molecule has 0 spiro atoms. The average Bonchev–Trinajstić information content (AvgIpc) is 2.89. The highest BCUT2D eigenvalue weighted by Gasteiger charge is 2.17. The first-order chi connectivity index (χ1) is 9.56. The van der Waals surface area contributed by atoms with Gasteiger partial charge in [-0.05, 0) is 31.2 Å². The molecule has 0 saturated heterocycles. The van der Waals surface area contributed by atoms with Gasteiger partial charge in [0.15, 0.2) is 0 Å². The maximum atomic E-state index is 12.4. The molecule has 20 heavy (non-hydrogen) atoms. The number of rotatable bonds is 6. The van der Waals surface area contributed by atoms with Crippen molar-refractivity contribution in [3.63, 3.8) is 0 Å². The molecule has 0 fully saturated rings. The van der Waals surface area contributed by atoms with Gasteiger partial charge < -0.3 is 5.32 Å². The quantitative estimate of drug-likeness (QED) is 0.862. The molecule has 1 aromatic carbocycles. The number of hydrogen-bond donors (Lipinski definition) is 2. The molecule has 0 saturated carbocycles. The summed E-state index contributed by atoms with van der Waals surface area (Å²) in [5, 5.41) is 4.68. The van der Waals surface area contributed by atoms with Crippen molar-refractivity contribution in [2.45, 2.75) is 24.8 Å². The largest absolute Gasteiger partial charge is 0.315 e. The highest BCUT2D eigenvalue weighted by atomic mass is 32.2. The zero-order valence-corrected chi connectivity index (χ0v) is 13.1. The number of hydrogen-bond acceptors (Lipinski definition) is 4. The summed E-state index contributed by atoms with van der Waals surface area (Å²) < 4.78 is 27.4. The van der Waals surface area contributed by atoms with Crippen molar-refractivity contribution in [2.24, 2.45) is 0 Å². The lowest BCUT2D eigenvalue weighted by atomic mass is 10.1. The first kappa shape index (κ1) is 15.0. The Hall–Kier alpha value is -1.37. The van der Waals surface area contributed by atoms with Gasteiger partial charge in [-0.3, -0.25) is 4.72 Å². The molecular formula is C14H18N2O2S2. The summed E-state index contributed by atoms with van der Waals surface area (Å²) in [6.45, 7) is 2.68. The topological polar surface area (TPSA) is 58.2 Å². The zero-order valence-electron chi connectivity index (χ0n) is 11.5. The van der Waals surface area contributed by atoms with Gasteiger partial charge in [0.1, 0.15) is 0 Å². The summed E-state index contributed by atoms with van der Waals surface area (Å²) in [6.07, 6.45) is 0.785. The first-order valence-corrected chi connectivity index (χ1v) is 8.76. The Bertz CT molecular complexity index is 678. The van der Waals surface area contributed by atoms with Crippen molar-refractivity contribution in [1.82, 2.24) is 5.32 Å². The van der Waals surface area contributed by atoms with Gasteiger partial charge in [-0.2, -0.15) is 0 Å². The van der Waals surface area contributed by atoms with Crippen LogP contribution in [0, 0.1) is 0 Å². The molecule has 108 valence electrons. The van der Waals surface area contributed by atoms with Crippen molar-refractivity contribution in [2.75, 3.05) is 11.8 Å². The molecule has 0 radical (unpaired) electrons. The van der Waals surface area contributed by atoms with Crippen LogP contribution in [0.5, 0.6) is 0 Å². The second-order valence-electron chi connectivity index (χ2n) is 4.40. The van der Waals surface area contributed by atoms with Gasteiger partial charge in [-0.15, -0.1) is 11.3 Å². The van der Waals surface area contributed by atoms with E-state index in [1.165, 1.54) is 11.3 Å². The lowest BCUT2D eigenvalue weighted by Gasteiger charge is -2.10. The van der Waals surface area contributed by atoms with Gasteiger partial charge in [-0.25, -0.2) is 8.42 Å². The van der Waals surface area contributed by atoms with E-state index in [0.29, 0.717) is 17.1 Å². The van der Waals surface area contributed by atoms with E-state index in [1.807, 2.05) is 32.2 Å². The summed E-state index contributed by atoms with van der Waals surface area (Å²) in [5.41, 5.74) is 1.64. The highest BCUT2D eigenvalue weighted by Crippen LogP contribution is 2.24. The van der Waals surface area contributed by atoms with Crippen LogP contribution < -0.4 is 10.0 Å². The van der Waals surface area contributed by atoms with Crippen LogP contribution in [-0.4, -0.2) is 15.5 Å². The SMILES string of the molecule is CCc1ccccc1NS(=O)(=O)c1csc(CNC)c1. The van der Waals surface area contributed by atoms with Crippen LogP contribution in [0.2, 0.25) is 0 Å². The Kier molecular flexibility index (Phi) is 4.80. The van der Waals surface area contributed by atoms with E-state index in [0.717, 1.165) is 16.9 Å². The fraction of sp³-hybridized carbons (Fsp3) is 0.286. The van der Waals surface area contributed by atoms with Crippen molar-refractivity contribution in [1.29, 1.82) is 0 Å². The fourth-order valence-electron chi connectivity index (χ4n) is 1.90. The fourth-order valence-corrected chi connectivity index (χ4v) is 4.29. The maximum Gasteiger partial charge on any atom is 0.262 e. The minimum absolute atomic E-state index is 0.318. The predicted molar refractivity (Wildman–Crippen MR) is 83.7 cm³/mol. The van der Waals surface area contributed by atoms with E-state index in [9.17, 15) is 8.42 Å². The lowest BCUT2D eigenvalue weighted by molar-refractivity contribution is 0.601. The minimum atomic E-state index is -3.51. The third-order valence-electron chi connectivity index (χ3n) is 2.93. The van der Waals surface area contributed by atoms with Crippen LogP contribution in [0.3, 0.4) is 0 Å². The second kappa shape index (κ2) is 6.39. The molecule has 2 N–H and O–H groups in total. The number of nitrogens with one attached hydrogen (secondary N) is 2. The van der Waals surface area contributed by atoms with Crippen LogP contribution >= 0.6 is 11.3 Å². The number of anilines is 1. The van der Waals surface area contributed by atoms with Crippen LogP contribution in [0.1, 0.15) is 17.4 Å². The number of aryl methyl sites for hydroxylation is 1. The summed E-state index contributed by atoms with van der Waals surface area (Å²) in [7, 11) is -1.67. The second-order valence-corrected chi connectivity index (χ2v) is 7.07. The molecular weight excluding hydrogens is 292 g/mol. The van der Waals surface area contributed by atoms with Gasteiger partial charge in [0.2, 0.25) is 0 Å². The van der Waals surface area contributed by atoms with Crippen LogP contribution in [0.4, 0.5) is 5.69 Å². The van der Waals surface area contributed by atoms with E-state index in [4.69, 9.17) is 0 Å². The minimum Gasteiger partial charge on any atom is -0.315 e. The smallest absolute Gasteiger partial charge is 0.262 e. The van der Waals surface area contributed by atoms with E-state index < -0.39 is 10.0 Å². The van der Waals surface area contributed by atoms with Crippen LogP contribution in [0.15, 0.2) is 40.6 Å². The first-order valence-electron chi connectivity index (χ1n) is 6.39. The highest BCUT2D eigenvalue weighted by molar-refractivity contribution is 7.92. The Morgan fingerprint density at radius 1 is 1.25 bits per heavy atom. The van der Waals surface area contributed by atoms with Gasteiger partial charge in [-0.1, -0.05) is 25.1 Å². The number of benzene rings is 1. The lowest BCUT2D eigenvalue weighted by Crippen LogP contribution is -2.13. The standard InChI is InChI=1S/C14H18N2O2S2/c1-3-11-6-4-5-7-14(11)16-20(17,18)13-8-12(9-15-2)19-10-13/h4-8,10,15-16H,3,9H2,1-2H3. The Morgan fingerprint density at radius 2 is 2.00 bits per heavy atom. The molecule has 0 aliphatic heterocycles. The molecule has 2 aromatic rings. The number of para-hydroxylation sites is 1. The van der Waals surface area contributed by atoms with Crippen molar-refractivity contribution >= 4 is 27.0 Å². The predicted octanol–water partition coefficient (Wildman–Crippen LogP) is 2.83. The molecule has 0 atom stereocenters. The van der Waals surface area contributed by atoms with Gasteiger partial charge in [0.05, 0.1) is 10.6 Å². The summed E-state index contributed by atoms with van der Waals surface area (Å²) in [4.78, 5) is 1.32. The van der Waals surface area contributed by atoms with Crippen LogP contribution in [-0.2, 0) is 23.0 Å². The Morgan fingerprint density at radius 3 is 2.70 bits per heavy atom. The third-order valence-corrected chi connectivity index (χ3v) is 5.36. The molecule has 0 aliphatic rings. The number of thiophene rings is 1. The zero-order chi connectivity index (χ0) is 14.6. The molecule has 4 nitrogen and oxygen atoms in total. The molecule has 0 amide bonds. The van der Waals surface area contributed by atoms with Crippen LogP contribution in [0.25, 0.3) is 0 Å². The monoisotopic (exact) mass is 310 g/mol. The Labute approximate surface area is 123 Å². The summed E-state index contributed by atoms with van der Waals surface area (Å²) >= 11 is 1.44. The van der Waals surface area contributed by atoms with E-state index >= 15 is 0 Å². The van der Waals surface area contributed by atoms with E-state index in [-0.39, 0.29) is 0 Å². The van der Waals surface area contributed by atoms with Gasteiger partial charge >= 0.3 is 0 Å². The molecule has 6 heteroatoms. The van der Waals surface area contributed by atoms with Gasteiger partial charge in [0, 0.05) is 16.8 Å². The molecule has 0 aliphatic carbocycles. The van der Waals surface area contributed by atoms with Crippen molar-refractivity contribution in [3.8, 4) is 0 Å². The molecule has 2 rings (SSSR count). The maximum absolute atomic E-state index is 12.4. The third kappa shape index (κ3) is 3.39. The normalized spacial score (nSPS) is 11.5. The van der Waals surface area contributed by atoms with E-state index in [1.54, 1.807) is 17.5 Å². The molecule has 0 unspecified atom stereocenters. The van der Waals surface area contributed by atoms with Crippen molar-refractivity contribution < 1.29 is 8.42 Å². The van der Waals surface area contributed by atoms with E-state index in [2.05, 4.69) is 10.0 Å². The molecule has 0 bridgehead atoms. The Balaban J connectivity index is 2.26. The average molecular weight is 310 g/mol. The summed E-state index contributed by atoms with van der Waals surface area (Å²) in [6, 6.07) is 9.16. The molecule has 1 aromatic heterocycles. The van der Waals surface area contributed by atoms with Crippen molar-refractivity contribution in [3.05, 3.63) is 46.2 Å². The van der Waals surface area contributed by atoms with Gasteiger partial charge in [0.25, 0.3) is 10.0 Å². The molecule has 1 heterocycles. The summed E-state index contributed by atoms with van der Waals surface area (Å²) in [5.74, 6) is 0. The number of sulfonamides is 1.